The summed E-state index contributed by atoms with van der Waals surface area (Å²) in [6, 6.07) is 10.5. The van der Waals surface area contributed by atoms with Crippen molar-refractivity contribution in [3.63, 3.8) is 0 Å². The Morgan fingerprint density at radius 3 is 2.33 bits per heavy atom. The van der Waals surface area contributed by atoms with Gasteiger partial charge in [0.25, 0.3) is 0 Å². The second-order valence-corrected chi connectivity index (χ2v) is 5.62. The third-order valence-electron chi connectivity index (χ3n) is 4.23. The van der Waals surface area contributed by atoms with Crippen LogP contribution in [0.5, 0.6) is 11.5 Å². The van der Waals surface area contributed by atoms with Crippen molar-refractivity contribution >= 4 is 16.9 Å². The third kappa shape index (κ3) is 2.44. The number of aromatic hydroxyl groups is 1. The quantitative estimate of drug-likeness (QED) is 0.763. The van der Waals surface area contributed by atoms with Crippen molar-refractivity contribution in [3.05, 3.63) is 53.1 Å². The standard InChI is InChI=1S/C19H17NO4/c1-10-4-9-14-15(19(22)23)18(21)17(20-16(14)11(10)2)12-5-7-13(24-3)8-6-12/h4-9,21H,1-3H3,(H,22,23). The van der Waals surface area contributed by atoms with Gasteiger partial charge in [0.15, 0.2) is 5.75 Å². The van der Waals surface area contributed by atoms with Gasteiger partial charge in [0.2, 0.25) is 0 Å². The van der Waals surface area contributed by atoms with E-state index in [2.05, 4.69) is 4.98 Å². The van der Waals surface area contributed by atoms with Gasteiger partial charge in [-0.3, -0.25) is 0 Å². The molecule has 5 nitrogen and oxygen atoms in total. The van der Waals surface area contributed by atoms with Gasteiger partial charge in [-0.1, -0.05) is 12.1 Å². The van der Waals surface area contributed by atoms with Gasteiger partial charge in [-0.15, -0.1) is 0 Å². The van der Waals surface area contributed by atoms with Crippen LogP contribution in [0.4, 0.5) is 0 Å². The minimum absolute atomic E-state index is 0.131. The van der Waals surface area contributed by atoms with Crippen molar-refractivity contribution in [2.45, 2.75) is 13.8 Å². The smallest absolute Gasteiger partial charge is 0.340 e. The highest BCUT2D eigenvalue weighted by molar-refractivity contribution is 6.08. The average molecular weight is 323 g/mol. The number of pyridine rings is 1. The number of carbonyl (C=O) groups is 1. The lowest BCUT2D eigenvalue weighted by molar-refractivity contribution is 0.0696. The van der Waals surface area contributed by atoms with E-state index in [0.29, 0.717) is 22.2 Å². The van der Waals surface area contributed by atoms with Crippen LogP contribution < -0.4 is 4.74 Å². The van der Waals surface area contributed by atoms with E-state index in [1.165, 1.54) is 0 Å². The summed E-state index contributed by atoms with van der Waals surface area (Å²) in [7, 11) is 1.56. The first kappa shape index (κ1) is 15.8. The fourth-order valence-electron chi connectivity index (χ4n) is 2.72. The number of aryl methyl sites for hydroxylation is 2. The average Bonchev–Trinajstić information content (AvgIpc) is 2.57. The molecule has 1 aromatic heterocycles. The molecule has 2 N–H and O–H groups in total. The third-order valence-corrected chi connectivity index (χ3v) is 4.23. The molecule has 0 aliphatic rings. The molecule has 0 spiro atoms. The van der Waals surface area contributed by atoms with Crippen LogP contribution in [-0.4, -0.2) is 28.3 Å². The molecule has 0 aliphatic heterocycles. The Labute approximate surface area is 139 Å². The SMILES string of the molecule is COc1ccc(-c2nc3c(C)c(C)ccc3c(C(=O)O)c2O)cc1. The highest BCUT2D eigenvalue weighted by Crippen LogP contribution is 2.37. The minimum atomic E-state index is -1.18. The molecule has 0 radical (unpaired) electrons. The van der Waals surface area contributed by atoms with Crippen molar-refractivity contribution in [1.29, 1.82) is 0 Å². The Kier molecular flexibility index (Phi) is 3.85. The number of methoxy groups -OCH3 is 1. The number of rotatable bonds is 3. The highest BCUT2D eigenvalue weighted by atomic mass is 16.5. The molecule has 1 heterocycles. The molecule has 0 saturated carbocycles. The van der Waals surface area contributed by atoms with E-state index in [-0.39, 0.29) is 17.0 Å². The molecule has 122 valence electrons. The monoisotopic (exact) mass is 323 g/mol. The summed E-state index contributed by atoms with van der Waals surface area (Å²) in [5.74, 6) is -0.842. The summed E-state index contributed by atoms with van der Waals surface area (Å²) in [4.78, 5) is 16.3. The van der Waals surface area contributed by atoms with Crippen LogP contribution in [0.1, 0.15) is 21.5 Å². The van der Waals surface area contributed by atoms with Crippen LogP contribution in [0.25, 0.3) is 22.2 Å². The van der Waals surface area contributed by atoms with Gasteiger partial charge in [0, 0.05) is 10.9 Å². The van der Waals surface area contributed by atoms with E-state index in [4.69, 9.17) is 4.74 Å². The maximum atomic E-state index is 11.7. The van der Waals surface area contributed by atoms with E-state index in [1.54, 1.807) is 37.4 Å². The van der Waals surface area contributed by atoms with Crippen LogP contribution in [0.2, 0.25) is 0 Å². The van der Waals surface area contributed by atoms with Crippen molar-refractivity contribution in [2.24, 2.45) is 0 Å². The lowest BCUT2D eigenvalue weighted by atomic mass is 9.98. The Morgan fingerprint density at radius 1 is 1.08 bits per heavy atom. The zero-order valence-corrected chi connectivity index (χ0v) is 13.6. The molecular formula is C19H17NO4. The normalized spacial score (nSPS) is 10.8. The fourth-order valence-corrected chi connectivity index (χ4v) is 2.72. The van der Waals surface area contributed by atoms with Crippen LogP contribution in [0.3, 0.4) is 0 Å². The van der Waals surface area contributed by atoms with E-state index in [1.807, 2.05) is 19.9 Å². The molecule has 0 bridgehead atoms. The molecule has 0 unspecified atom stereocenters. The van der Waals surface area contributed by atoms with Crippen molar-refractivity contribution in [1.82, 2.24) is 4.98 Å². The lowest BCUT2D eigenvalue weighted by Gasteiger charge is -2.13. The first-order valence-electron chi connectivity index (χ1n) is 7.44. The number of benzene rings is 2. The maximum Gasteiger partial charge on any atom is 0.340 e. The topological polar surface area (TPSA) is 79.7 Å². The molecular weight excluding hydrogens is 306 g/mol. The molecule has 3 aromatic rings. The van der Waals surface area contributed by atoms with Crippen LogP contribution in [0.15, 0.2) is 36.4 Å². The number of aromatic carboxylic acids is 1. The second-order valence-electron chi connectivity index (χ2n) is 5.62. The summed E-state index contributed by atoms with van der Waals surface area (Å²) >= 11 is 0. The molecule has 0 atom stereocenters. The van der Waals surface area contributed by atoms with Crippen LogP contribution >= 0.6 is 0 Å². The van der Waals surface area contributed by atoms with Gasteiger partial charge in [-0.25, -0.2) is 9.78 Å². The molecule has 2 aromatic carbocycles. The number of hydrogen-bond acceptors (Lipinski definition) is 4. The summed E-state index contributed by atoms with van der Waals surface area (Å²) in [6.45, 7) is 3.84. The molecule has 3 rings (SSSR count). The number of carboxylic acid groups (broad SMARTS) is 1. The second kappa shape index (κ2) is 5.85. The maximum absolute atomic E-state index is 11.7. The first-order valence-corrected chi connectivity index (χ1v) is 7.44. The van der Waals surface area contributed by atoms with Gasteiger partial charge in [-0.2, -0.15) is 0 Å². The highest BCUT2D eigenvalue weighted by Gasteiger charge is 2.22. The molecule has 0 saturated heterocycles. The zero-order chi connectivity index (χ0) is 17.4. The number of ether oxygens (including phenoxy) is 1. The van der Waals surface area contributed by atoms with Crippen molar-refractivity contribution in [2.75, 3.05) is 7.11 Å². The fraction of sp³-hybridized carbons (Fsp3) is 0.158. The van der Waals surface area contributed by atoms with Gasteiger partial charge < -0.3 is 14.9 Å². The summed E-state index contributed by atoms with van der Waals surface area (Å²) in [6.07, 6.45) is 0. The van der Waals surface area contributed by atoms with Gasteiger partial charge >= 0.3 is 5.97 Å². The Hall–Kier alpha value is -3.08. The Morgan fingerprint density at radius 2 is 1.75 bits per heavy atom. The lowest BCUT2D eigenvalue weighted by Crippen LogP contribution is -2.03. The van der Waals surface area contributed by atoms with E-state index in [0.717, 1.165) is 11.1 Å². The Balaban J connectivity index is 2.37. The number of hydrogen-bond donors (Lipinski definition) is 2. The number of fused-ring (bicyclic) bond motifs is 1. The first-order chi connectivity index (χ1) is 11.4. The van der Waals surface area contributed by atoms with E-state index >= 15 is 0 Å². The predicted octanol–water partition coefficient (Wildman–Crippen LogP) is 3.93. The minimum Gasteiger partial charge on any atom is -0.505 e. The zero-order valence-electron chi connectivity index (χ0n) is 13.6. The van der Waals surface area contributed by atoms with Gasteiger partial charge in [0.05, 0.1) is 12.6 Å². The summed E-state index contributed by atoms with van der Waals surface area (Å²) in [5.41, 5.74) is 3.22. The van der Waals surface area contributed by atoms with Crippen molar-refractivity contribution < 1.29 is 19.7 Å². The van der Waals surface area contributed by atoms with Crippen LogP contribution in [0, 0.1) is 13.8 Å². The molecule has 0 fully saturated rings. The molecule has 24 heavy (non-hydrogen) atoms. The van der Waals surface area contributed by atoms with Crippen LogP contribution in [-0.2, 0) is 0 Å². The van der Waals surface area contributed by atoms with E-state index in [9.17, 15) is 15.0 Å². The number of nitrogens with zero attached hydrogens (tertiary/aromatic N) is 1. The van der Waals surface area contributed by atoms with E-state index < -0.39 is 5.97 Å². The molecule has 0 amide bonds. The van der Waals surface area contributed by atoms with Gasteiger partial charge in [0.1, 0.15) is 17.0 Å². The number of carboxylic acids is 1. The van der Waals surface area contributed by atoms with Gasteiger partial charge in [-0.05, 0) is 49.2 Å². The Bertz CT molecular complexity index is 946. The summed E-state index contributed by atoms with van der Waals surface area (Å²) in [5, 5.41) is 20.5. The number of aromatic nitrogens is 1. The predicted molar refractivity (Wildman–Crippen MR) is 91.8 cm³/mol. The molecule has 5 heteroatoms. The summed E-state index contributed by atoms with van der Waals surface area (Å²) < 4.78 is 5.13. The molecule has 0 aliphatic carbocycles. The largest absolute Gasteiger partial charge is 0.505 e. The van der Waals surface area contributed by atoms with Crippen molar-refractivity contribution in [3.8, 4) is 22.8 Å².